The minimum Gasteiger partial charge on any atom is -0.324 e. The van der Waals surface area contributed by atoms with Gasteiger partial charge in [0.1, 0.15) is 5.82 Å². The van der Waals surface area contributed by atoms with Gasteiger partial charge in [0.2, 0.25) is 11.9 Å². The molecule has 26 heavy (non-hydrogen) atoms. The molecule has 0 aliphatic heterocycles. The molecule has 0 atom stereocenters. The van der Waals surface area contributed by atoms with Gasteiger partial charge in [-0.3, -0.25) is 0 Å². The number of nitrogens with zero attached hydrogens (tertiary/aromatic N) is 3. The van der Waals surface area contributed by atoms with E-state index in [0.717, 1.165) is 16.9 Å². The zero-order valence-corrected chi connectivity index (χ0v) is 16.0. The average molecular weight is 347 g/mol. The Bertz CT molecular complexity index is 901. The van der Waals surface area contributed by atoms with Crippen LogP contribution in [0.2, 0.25) is 0 Å². The second-order valence-electron chi connectivity index (χ2n) is 6.87. The third-order valence-electron chi connectivity index (χ3n) is 4.21. The molecule has 0 aliphatic rings. The van der Waals surface area contributed by atoms with Gasteiger partial charge in [-0.25, -0.2) is 0 Å². The number of anilines is 4. The van der Waals surface area contributed by atoms with Gasteiger partial charge in [-0.2, -0.15) is 15.0 Å². The fourth-order valence-electron chi connectivity index (χ4n) is 2.75. The van der Waals surface area contributed by atoms with Crippen LogP contribution in [0.25, 0.3) is 0 Å². The molecule has 0 aliphatic carbocycles. The largest absolute Gasteiger partial charge is 0.324 e. The van der Waals surface area contributed by atoms with Crippen molar-refractivity contribution in [3.05, 3.63) is 65.0 Å². The van der Waals surface area contributed by atoms with Gasteiger partial charge in [0.05, 0.1) is 0 Å². The van der Waals surface area contributed by atoms with Crippen LogP contribution in [0.5, 0.6) is 0 Å². The van der Waals surface area contributed by atoms with Crippen LogP contribution in [0, 0.1) is 20.8 Å². The first-order valence-electron chi connectivity index (χ1n) is 8.84. The maximum absolute atomic E-state index is 4.50. The Morgan fingerprint density at radius 1 is 0.769 bits per heavy atom. The molecular weight excluding hydrogens is 322 g/mol. The molecule has 1 aromatic heterocycles. The summed E-state index contributed by atoms with van der Waals surface area (Å²) in [6, 6.07) is 14.6. The number of rotatable bonds is 5. The van der Waals surface area contributed by atoms with Crippen molar-refractivity contribution in [2.24, 2.45) is 0 Å². The van der Waals surface area contributed by atoms with E-state index in [-0.39, 0.29) is 0 Å². The quantitative estimate of drug-likeness (QED) is 0.646. The van der Waals surface area contributed by atoms with Crippen LogP contribution < -0.4 is 10.6 Å². The first-order valence-corrected chi connectivity index (χ1v) is 8.84. The number of benzene rings is 2. The Hall–Kier alpha value is -2.95. The standard InChI is InChI=1S/C21H25N5/c1-13(2)17-7-9-18(10-8-17)24-20-22-16(5)23-21(26-20)25-19-11-6-14(3)12-15(19)4/h6-13H,1-5H3,(H2,22,23,24,25,26). The highest BCUT2D eigenvalue weighted by atomic mass is 15.2. The van der Waals surface area contributed by atoms with E-state index in [1.54, 1.807) is 0 Å². The third-order valence-corrected chi connectivity index (χ3v) is 4.21. The van der Waals surface area contributed by atoms with Gasteiger partial charge >= 0.3 is 0 Å². The SMILES string of the molecule is Cc1ccc(Nc2nc(C)nc(Nc3ccc(C(C)C)cc3)n2)c(C)c1. The Morgan fingerprint density at radius 3 is 2.04 bits per heavy atom. The summed E-state index contributed by atoms with van der Waals surface area (Å²) in [5, 5.41) is 6.55. The molecule has 2 aromatic carbocycles. The lowest BCUT2D eigenvalue weighted by Gasteiger charge is -2.12. The van der Waals surface area contributed by atoms with E-state index in [1.165, 1.54) is 11.1 Å². The van der Waals surface area contributed by atoms with Crippen LogP contribution in [0.1, 0.15) is 42.3 Å². The summed E-state index contributed by atoms with van der Waals surface area (Å²) in [6.07, 6.45) is 0. The number of hydrogen-bond donors (Lipinski definition) is 2. The molecule has 134 valence electrons. The first-order chi connectivity index (χ1) is 12.4. The molecule has 0 saturated heterocycles. The normalized spacial score (nSPS) is 10.8. The van der Waals surface area contributed by atoms with Crippen LogP contribution in [0.4, 0.5) is 23.3 Å². The molecule has 0 saturated carbocycles. The van der Waals surface area contributed by atoms with E-state index < -0.39 is 0 Å². The summed E-state index contributed by atoms with van der Waals surface area (Å²) in [6.45, 7) is 10.4. The molecule has 3 aromatic rings. The van der Waals surface area contributed by atoms with E-state index in [1.807, 2.05) is 25.1 Å². The first kappa shape index (κ1) is 17.9. The van der Waals surface area contributed by atoms with Crippen molar-refractivity contribution < 1.29 is 0 Å². The molecule has 5 nitrogen and oxygen atoms in total. The smallest absolute Gasteiger partial charge is 0.232 e. The van der Waals surface area contributed by atoms with Crippen molar-refractivity contribution in [3.8, 4) is 0 Å². The fourth-order valence-corrected chi connectivity index (χ4v) is 2.75. The minimum atomic E-state index is 0.511. The Kier molecular flexibility index (Phi) is 5.16. The summed E-state index contributed by atoms with van der Waals surface area (Å²) in [4.78, 5) is 13.3. The predicted molar refractivity (Wildman–Crippen MR) is 108 cm³/mol. The van der Waals surface area contributed by atoms with Gasteiger partial charge in [0, 0.05) is 11.4 Å². The Balaban J connectivity index is 1.81. The molecule has 1 heterocycles. The van der Waals surface area contributed by atoms with Crippen molar-refractivity contribution in [2.75, 3.05) is 10.6 Å². The van der Waals surface area contributed by atoms with Crippen LogP contribution >= 0.6 is 0 Å². The lowest BCUT2D eigenvalue weighted by Crippen LogP contribution is -2.06. The van der Waals surface area contributed by atoms with Gasteiger partial charge in [-0.15, -0.1) is 0 Å². The highest BCUT2D eigenvalue weighted by Gasteiger charge is 2.07. The van der Waals surface area contributed by atoms with Gasteiger partial charge in [0.15, 0.2) is 0 Å². The van der Waals surface area contributed by atoms with Crippen molar-refractivity contribution in [1.29, 1.82) is 0 Å². The van der Waals surface area contributed by atoms with Gasteiger partial charge in [-0.1, -0.05) is 43.7 Å². The third kappa shape index (κ3) is 4.36. The number of aromatic nitrogens is 3. The maximum atomic E-state index is 4.50. The molecule has 0 amide bonds. The fraction of sp³-hybridized carbons (Fsp3) is 0.286. The topological polar surface area (TPSA) is 62.7 Å². The van der Waals surface area contributed by atoms with Crippen molar-refractivity contribution >= 4 is 23.3 Å². The second kappa shape index (κ2) is 7.52. The lowest BCUT2D eigenvalue weighted by molar-refractivity contribution is 0.867. The Labute approximate surface area is 154 Å². The second-order valence-corrected chi connectivity index (χ2v) is 6.87. The molecular formula is C21H25N5. The minimum absolute atomic E-state index is 0.511. The zero-order valence-electron chi connectivity index (χ0n) is 16.0. The lowest BCUT2D eigenvalue weighted by atomic mass is 10.0. The van der Waals surface area contributed by atoms with E-state index >= 15 is 0 Å². The molecule has 0 unspecified atom stereocenters. The zero-order chi connectivity index (χ0) is 18.7. The summed E-state index contributed by atoms with van der Waals surface area (Å²) >= 11 is 0. The molecule has 0 fully saturated rings. The summed E-state index contributed by atoms with van der Waals surface area (Å²) in [7, 11) is 0. The highest BCUT2D eigenvalue weighted by Crippen LogP contribution is 2.22. The van der Waals surface area contributed by atoms with E-state index in [0.29, 0.717) is 23.6 Å². The van der Waals surface area contributed by atoms with Crippen molar-refractivity contribution in [2.45, 2.75) is 40.5 Å². The highest BCUT2D eigenvalue weighted by molar-refractivity contribution is 5.60. The van der Waals surface area contributed by atoms with Crippen LogP contribution in [0.15, 0.2) is 42.5 Å². The van der Waals surface area contributed by atoms with Crippen LogP contribution in [-0.4, -0.2) is 15.0 Å². The van der Waals surface area contributed by atoms with E-state index in [2.05, 4.69) is 77.5 Å². The molecule has 0 radical (unpaired) electrons. The van der Waals surface area contributed by atoms with E-state index in [9.17, 15) is 0 Å². The molecule has 0 spiro atoms. The van der Waals surface area contributed by atoms with Crippen molar-refractivity contribution in [1.82, 2.24) is 15.0 Å². The Morgan fingerprint density at radius 2 is 1.42 bits per heavy atom. The monoisotopic (exact) mass is 347 g/mol. The number of hydrogen-bond acceptors (Lipinski definition) is 5. The van der Waals surface area contributed by atoms with Crippen molar-refractivity contribution in [3.63, 3.8) is 0 Å². The molecule has 5 heteroatoms. The average Bonchev–Trinajstić information content (AvgIpc) is 2.57. The number of aryl methyl sites for hydroxylation is 3. The van der Waals surface area contributed by atoms with E-state index in [4.69, 9.17) is 0 Å². The molecule has 2 N–H and O–H groups in total. The predicted octanol–water partition coefficient (Wildman–Crippen LogP) is 5.41. The molecule has 3 rings (SSSR count). The van der Waals surface area contributed by atoms with Crippen LogP contribution in [0.3, 0.4) is 0 Å². The maximum Gasteiger partial charge on any atom is 0.232 e. The van der Waals surface area contributed by atoms with Gasteiger partial charge in [-0.05, 0) is 56.0 Å². The summed E-state index contributed by atoms with van der Waals surface area (Å²) in [5.41, 5.74) is 5.64. The van der Waals surface area contributed by atoms with Gasteiger partial charge < -0.3 is 10.6 Å². The number of nitrogens with one attached hydrogen (secondary N) is 2. The summed E-state index contributed by atoms with van der Waals surface area (Å²) in [5.74, 6) is 2.23. The van der Waals surface area contributed by atoms with Gasteiger partial charge in [0.25, 0.3) is 0 Å². The molecule has 0 bridgehead atoms. The summed E-state index contributed by atoms with van der Waals surface area (Å²) < 4.78 is 0. The van der Waals surface area contributed by atoms with Crippen LogP contribution in [-0.2, 0) is 0 Å².